The molecule has 5 heteroatoms. The predicted octanol–water partition coefficient (Wildman–Crippen LogP) is 1.60. The predicted molar refractivity (Wildman–Crippen MR) is 63.7 cm³/mol. The Labute approximate surface area is 96.5 Å². The van der Waals surface area contributed by atoms with Gasteiger partial charge in [-0.3, -0.25) is 0 Å². The van der Waals surface area contributed by atoms with Crippen LogP contribution in [-0.4, -0.2) is 29.6 Å². The molecule has 0 unspecified atom stereocenters. The van der Waals surface area contributed by atoms with Crippen molar-refractivity contribution in [2.75, 3.05) is 25.6 Å². The smallest absolute Gasteiger partial charge is 0.236 e. The summed E-state index contributed by atoms with van der Waals surface area (Å²) in [6, 6.07) is 0. The fraction of sp³-hybridized carbons (Fsp3) is 0.727. The quantitative estimate of drug-likeness (QED) is 0.719. The van der Waals surface area contributed by atoms with Crippen LogP contribution in [0, 0.1) is 6.92 Å². The van der Waals surface area contributed by atoms with Crippen LogP contribution in [0.25, 0.3) is 0 Å². The first-order valence-electron chi connectivity index (χ1n) is 5.74. The molecule has 0 saturated carbocycles. The highest BCUT2D eigenvalue weighted by Gasteiger charge is 2.12. The van der Waals surface area contributed by atoms with E-state index in [0.29, 0.717) is 24.8 Å². The molecule has 92 valence electrons. The first kappa shape index (κ1) is 12.8. The van der Waals surface area contributed by atoms with Crippen LogP contribution in [0.15, 0.2) is 0 Å². The van der Waals surface area contributed by atoms with Gasteiger partial charge >= 0.3 is 0 Å². The number of nitrogen functional groups attached to an aromatic ring is 1. The summed E-state index contributed by atoms with van der Waals surface area (Å²) in [5, 5.41) is 4.27. The third-order valence-corrected chi connectivity index (χ3v) is 2.24. The standard InChI is InChI=1S/C11H21N3O2/c1-4-6-15-7-8-16-11-10(12)9(3)13-14(11)5-2/h4-8,12H2,1-3H3. The number of hydrogen-bond donors (Lipinski definition) is 1. The normalized spacial score (nSPS) is 10.7. The van der Waals surface area contributed by atoms with E-state index in [-0.39, 0.29) is 0 Å². The van der Waals surface area contributed by atoms with Crippen molar-refractivity contribution in [2.45, 2.75) is 33.7 Å². The Morgan fingerprint density at radius 1 is 1.25 bits per heavy atom. The van der Waals surface area contributed by atoms with Crippen LogP contribution in [0.5, 0.6) is 5.88 Å². The number of nitrogens with two attached hydrogens (primary N) is 1. The molecule has 5 nitrogen and oxygen atoms in total. The first-order valence-corrected chi connectivity index (χ1v) is 5.74. The van der Waals surface area contributed by atoms with E-state index >= 15 is 0 Å². The lowest BCUT2D eigenvalue weighted by molar-refractivity contribution is 0.0973. The zero-order valence-electron chi connectivity index (χ0n) is 10.3. The summed E-state index contributed by atoms with van der Waals surface area (Å²) in [5.41, 5.74) is 7.30. The lowest BCUT2D eigenvalue weighted by atomic mass is 10.4. The van der Waals surface area contributed by atoms with Crippen LogP contribution in [0.1, 0.15) is 26.0 Å². The van der Waals surface area contributed by atoms with Crippen molar-refractivity contribution in [2.24, 2.45) is 0 Å². The van der Waals surface area contributed by atoms with Crippen LogP contribution in [0.2, 0.25) is 0 Å². The Morgan fingerprint density at radius 2 is 2.00 bits per heavy atom. The Kier molecular flexibility index (Phi) is 5.11. The third-order valence-electron chi connectivity index (χ3n) is 2.24. The van der Waals surface area contributed by atoms with E-state index in [4.69, 9.17) is 15.2 Å². The average molecular weight is 227 g/mol. The molecule has 1 heterocycles. The largest absolute Gasteiger partial charge is 0.474 e. The van der Waals surface area contributed by atoms with Gasteiger partial charge in [0.15, 0.2) is 0 Å². The third kappa shape index (κ3) is 3.13. The van der Waals surface area contributed by atoms with E-state index in [0.717, 1.165) is 25.3 Å². The van der Waals surface area contributed by atoms with Gasteiger partial charge in [0.05, 0.1) is 12.3 Å². The molecule has 0 bridgehead atoms. The molecular weight excluding hydrogens is 206 g/mol. The molecule has 0 amide bonds. The van der Waals surface area contributed by atoms with Crippen molar-refractivity contribution in [1.82, 2.24) is 9.78 Å². The molecule has 0 aromatic carbocycles. The molecule has 1 aromatic heterocycles. The Morgan fingerprint density at radius 3 is 2.62 bits per heavy atom. The van der Waals surface area contributed by atoms with Gasteiger partial charge < -0.3 is 15.2 Å². The van der Waals surface area contributed by atoms with Gasteiger partial charge in [0.2, 0.25) is 5.88 Å². The van der Waals surface area contributed by atoms with Crippen LogP contribution >= 0.6 is 0 Å². The summed E-state index contributed by atoms with van der Waals surface area (Å²) < 4.78 is 12.7. The fourth-order valence-electron chi connectivity index (χ4n) is 1.38. The van der Waals surface area contributed by atoms with Crippen LogP contribution < -0.4 is 10.5 Å². The molecule has 0 saturated heterocycles. The number of aromatic nitrogens is 2. The second kappa shape index (κ2) is 6.37. The van der Waals surface area contributed by atoms with E-state index in [1.165, 1.54) is 0 Å². The molecule has 0 aliphatic carbocycles. The number of ether oxygens (including phenoxy) is 2. The van der Waals surface area contributed by atoms with Gasteiger partial charge in [-0.15, -0.1) is 0 Å². The lowest BCUT2D eigenvalue weighted by Crippen LogP contribution is -2.11. The van der Waals surface area contributed by atoms with Gasteiger partial charge in [0, 0.05) is 13.2 Å². The fourth-order valence-corrected chi connectivity index (χ4v) is 1.38. The molecule has 1 aromatic rings. The summed E-state index contributed by atoms with van der Waals surface area (Å²) in [6.07, 6.45) is 1.02. The minimum absolute atomic E-state index is 0.509. The van der Waals surface area contributed by atoms with Crippen LogP contribution in [0.4, 0.5) is 5.69 Å². The number of rotatable bonds is 7. The number of nitrogens with zero attached hydrogens (tertiary/aromatic N) is 2. The van der Waals surface area contributed by atoms with Gasteiger partial charge in [-0.05, 0) is 20.3 Å². The summed E-state index contributed by atoms with van der Waals surface area (Å²) in [4.78, 5) is 0. The Balaban J connectivity index is 2.46. The Hall–Kier alpha value is -1.23. The Bertz CT molecular complexity index is 323. The van der Waals surface area contributed by atoms with E-state index in [1.54, 1.807) is 4.68 Å². The molecule has 2 N–H and O–H groups in total. The van der Waals surface area contributed by atoms with Gasteiger partial charge in [0.25, 0.3) is 0 Å². The van der Waals surface area contributed by atoms with Crippen molar-refractivity contribution in [3.05, 3.63) is 5.69 Å². The maximum absolute atomic E-state index is 5.87. The van der Waals surface area contributed by atoms with E-state index in [2.05, 4.69) is 12.0 Å². The molecule has 0 spiro atoms. The minimum atomic E-state index is 0.509. The first-order chi connectivity index (χ1) is 7.70. The van der Waals surface area contributed by atoms with Crippen LogP contribution in [0.3, 0.4) is 0 Å². The second-order valence-electron chi connectivity index (χ2n) is 3.58. The summed E-state index contributed by atoms with van der Waals surface area (Å²) in [7, 11) is 0. The van der Waals surface area contributed by atoms with Gasteiger partial charge in [0.1, 0.15) is 12.3 Å². The molecule has 1 rings (SSSR count). The van der Waals surface area contributed by atoms with Crippen LogP contribution in [-0.2, 0) is 11.3 Å². The summed E-state index contributed by atoms with van der Waals surface area (Å²) in [5.74, 6) is 0.653. The van der Waals surface area contributed by atoms with Crippen molar-refractivity contribution in [1.29, 1.82) is 0 Å². The summed E-state index contributed by atoms with van der Waals surface area (Å²) >= 11 is 0. The monoisotopic (exact) mass is 227 g/mol. The number of hydrogen-bond acceptors (Lipinski definition) is 4. The molecular formula is C11H21N3O2. The zero-order valence-corrected chi connectivity index (χ0v) is 10.3. The van der Waals surface area contributed by atoms with Crippen molar-refractivity contribution < 1.29 is 9.47 Å². The minimum Gasteiger partial charge on any atom is -0.474 e. The van der Waals surface area contributed by atoms with Gasteiger partial charge in [-0.25, -0.2) is 4.68 Å². The highest BCUT2D eigenvalue weighted by molar-refractivity contribution is 5.52. The van der Waals surface area contributed by atoms with Gasteiger partial charge in [-0.1, -0.05) is 6.92 Å². The average Bonchev–Trinajstić information content (AvgIpc) is 2.56. The molecule has 0 aliphatic heterocycles. The topological polar surface area (TPSA) is 62.3 Å². The zero-order chi connectivity index (χ0) is 12.0. The number of anilines is 1. The highest BCUT2D eigenvalue weighted by atomic mass is 16.5. The van der Waals surface area contributed by atoms with E-state index in [9.17, 15) is 0 Å². The maximum atomic E-state index is 5.87. The van der Waals surface area contributed by atoms with Gasteiger partial charge in [-0.2, -0.15) is 5.10 Å². The van der Waals surface area contributed by atoms with Crippen molar-refractivity contribution in [3.8, 4) is 5.88 Å². The molecule has 0 atom stereocenters. The molecule has 16 heavy (non-hydrogen) atoms. The SMILES string of the molecule is CCCOCCOc1c(N)c(C)nn1CC. The van der Waals surface area contributed by atoms with Crippen molar-refractivity contribution in [3.63, 3.8) is 0 Å². The lowest BCUT2D eigenvalue weighted by Gasteiger charge is -2.08. The molecule has 0 fully saturated rings. The second-order valence-corrected chi connectivity index (χ2v) is 3.58. The van der Waals surface area contributed by atoms with E-state index in [1.807, 2.05) is 13.8 Å². The van der Waals surface area contributed by atoms with Crippen molar-refractivity contribution >= 4 is 5.69 Å². The maximum Gasteiger partial charge on any atom is 0.236 e. The molecule has 0 radical (unpaired) electrons. The number of aryl methyl sites for hydroxylation is 2. The summed E-state index contributed by atoms with van der Waals surface area (Å²) in [6.45, 7) is 8.58. The van der Waals surface area contributed by atoms with E-state index < -0.39 is 0 Å². The highest BCUT2D eigenvalue weighted by Crippen LogP contribution is 2.24. The molecule has 0 aliphatic rings.